The van der Waals surface area contributed by atoms with E-state index in [-0.39, 0.29) is 6.04 Å². The van der Waals surface area contributed by atoms with Gasteiger partial charge in [-0.15, -0.1) is 11.3 Å². The summed E-state index contributed by atoms with van der Waals surface area (Å²) in [7, 11) is 1.64. The Morgan fingerprint density at radius 1 is 1.53 bits per heavy atom. The highest BCUT2D eigenvalue weighted by atomic mass is 32.1. The first-order valence-corrected chi connectivity index (χ1v) is 6.19. The largest absolute Gasteiger partial charge is 0.495 e. The molecular weight excluding hydrogens is 234 g/mol. The quantitative estimate of drug-likeness (QED) is 0.627. The summed E-state index contributed by atoms with van der Waals surface area (Å²) >= 11 is 1.72. The maximum absolute atomic E-state index is 5.62. The number of hydrogen-bond acceptors (Lipinski definition) is 5. The molecule has 0 aliphatic heterocycles. The molecule has 0 amide bonds. The van der Waals surface area contributed by atoms with E-state index in [1.165, 1.54) is 4.88 Å². The Balaban J connectivity index is 2.22. The standard InChI is InChI=1S/C12H15N3OS/c1-16-12-8-14-5-4-10(12)11(15-13)7-9-3-2-6-17-9/h2-6,8,11,15H,7,13H2,1H3. The molecule has 2 heterocycles. The van der Waals surface area contributed by atoms with Gasteiger partial charge in [0.2, 0.25) is 0 Å². The van der Waals surface area contributed by atoms with E-state index < -0.39 is 0 Å². The summed E-state index contributed by atoms with van der Waals surface area (Å²) in [6.07, 6.45) is 4.29. The van der Waals surface area contributed by atoms with E-state index in [4.69, 9.17) is 10.6 Å². The Bertz CT molecular complexity index is 459. The van der Waals surface area contributed by atoms with Crippen molar-refractivity contribution in [1.29, 1.82) is 0 Å². The molecule has 0 bridgehead atoms. The molecule has 0 saturated heterocycles. The fraction of sp³-hybridized carbons (Fsp3) is 0.250. The van der Waals surface area contributed by atoms with Crippen molar-refractivity contribution in [3.63, 3.8) is 0 Å². The van der Waals surface area contributed by atoms with Crippen LogP contribution in [-0.4, -0.2) is 12.1 Å². The maximum atomic E-state index is 5.62. The average molecular weight is 249 g/mol. The minimum Gasteiger partial charge on any atom is -0.495 e. The Labute approximate surface area is 104 Å². The fourth-order valence-corrected chi connectivity index (χ4v) is 2.49. The summed E-state index contributed by atoms with van der Waals surface area (Å²) in [5.41, 5.74) is 3.86. The summed E-state index contributed by atoms with van der Waals surface area (Å²) in [5.74, 6) is 6.38. The second-order valence-corrected chi connectivity index (χ2v) is 4.65. The lowest BCUT2D eigenvalue weighted by atomic mass is 10.0. The van der Waals surface area contributed by atoms with Crippen molar-refractivity contribution in [3.8, 4) is 5.75 Å². The van der Waals surface area contributed by atoms with Crippen molar-refractivity contribution in [3.05, 3.63) is 46.4 Å². The van der Waals surface area contributed by atoms with E-state index in [0.29, 0.717) is 0 Å². The van der Waals surface area contributed by atoms with Gasteiger partial charge in [0.05, 0.1) is 19.3 Å². The van der Waals surface area contributed by atoms with Gasteiger partial charge >= 0.3 is 0 Å². The lowest BCUT2D eigenvalue weighted by molar-refractivity contribution is 0.397. The van der Waals surface area contributed by atoms with Crippen molar-refractivity contribution in [2.24, 2.45) is 5.84 Å². The van der Waals surface area contributed by atoms with E-state index in [9.17, 15) is 0 Å². The predicted octanol–water partition coefficient (Wildman–Crippen LogP) is 1.90. The summed E-state index contributed by atoms with van der Waals surface area (Å²) in [5, 5.41) is 2.06. The van der Waals surface area contributed by atoms with Gasteiger partial charge < -0.3 is 4.74 Å². The normalized spacial score (nSPS) is 12.4. The number of rotatable bonds is 5. The molecule has 5 heteroatoms. The molecule has 0 radical (unpaired) electrons. The van der Waals surface area contributed by atoms with Crippen molar-refractivity contribution in [1.82, 2.24) is 10.4 Å². The van der Waals surface area contributed by atoms with Crippen molar-refractivity contribution in [2.75, 3.05) is 7.11 Å². The fourth-order valence-electron chi connectivity index (χ4n) is 1.74. The molecule has 0 aromatic carbocycles. The molecule has 2 aromatic rings. The molecule has 17 heavy (non-hydrogen) atoms. The zero-order chi connectivity index (χ0) is 12.1. The second kappa shape index (κ2) is 5.77. The third-order valence-electron chi connectivity index (χ3n) is 2.60. The third kappa shape index (κ3) is 2.82. The van der Waals surface area contributed by atoms with Crippen molar-refractivity contribution < 1.29 is 4.74 Å². The number of pyridine rings is 1. The average Bonchev–Trinajstić information content (AvgIpc) is 2.89. The third-order valence-corrected chi connectivity index (χ3v) is 3.50. The minimum atomic E-state index is 0.0339. The Morgan fingerprint density at radius 2 is 2.41 bits per heavy atom. The number of thiophene rings is 1. The van der Waals surface area contributed by atoms with Crippen LogP contribution in [0.3, 0.4) is 0 Å². The molecule has 3 N–H and O–H groups in total. The van der Waals surface area contributed by atoms with Crippen LogP contribution in [0, 0.1) is 0 Å². The van der Waals surface area contributed by atoms with Gasteiger partial charge in [0.1, 0.15) is 5.75 Å². The molecule has 1 atom stereocenters. The Morgan fingerprint density at radius 3 is 3.06 bits per heavy atom. The molecule has 90 valence electrons. The van der Waals surface area contributed by atoms with E-state index >= 15 is 0 Å². The predicted molar refractivity (Wildman–Crippen MR) is 68.9 cm³/mol. The second-order valence-electron chi connectivity index (χ2n) is 3.62. The van der Waals surface area contributed by atoms with Crippen LogP contribution in [0.4, 0.5) is 0 Å². The first kappa shape index (κ1) is 12.0. The summed E-state index contributed by atoms with van der Waals surface area (Å²) in [4.78, 5) is 5.32. The van der Waals surface area contributed by atoms with E-state index in [1.54, 1.807) is 30.8 Å². The van der Waals surface area contributed by atoms with E-state index in [0.717, 1.165) is 17.7 Å². The molecule has 4 nitrogen and oxygen atoms in total. The molecule has 2 rings (SSSR count). The topological polar surface area (TPSA) is 60.2 Å². The number of aromatic nitrogens is 1. The zero-order valence-electron chi connectivity index (χ0n) is 9.59. The lowest BCUT2D eigenvalue weighted by Crippen LogP contribution is -2.29. The molecular formula is C12H15N3OS. The SMILES string of the molecule is COc1cnccc1C(Cc1cccs1)NN. The highest BCUT2D eigenvalue weighted by molar-refractivity contribution is 7.09. The highest BCUT2D eigenvalue weighted by Crippen LogP contribution is 2.27. The maximum Gasteiger partial charge on any atom is 0.141 e. The van der Waals surface area contributed by atoms with Crippen molar-refractivity contribution in [2.45, 2.75) is 12.5 Å². The Kier molecular flexibility index (Phi) is 4.08. The molecule has 0 fully saturated rings. The van der Waals surface area contributed by atoms with Gasteiger partial charge in [-0.25, -0.2) is 0 Å². The minimum absolute atomic E-state index is 0.0339. The number of methoxy groups -OCH3 is 1. The van der Waals surface area contributed by atoms with Gasteiger partial charge in [-0.1, -0.05) is 6.07 Å². The Hall–Kier alpha value is -1.43. The van der Waals surface area contributed by atoms with Crippen LogP contribution in [0.25, 0.3) is 0 Å². The van der Waals surface area contributed by atoms with Crippen LogP contribution in [0.2, 0.25) is 0 Å². The molecule has 0 aliphatic rings. The van der Waals surface area contributed by atoms with Gasteiger partial charge in [0, 0.05) is 23.1 Å². The smallest absolute Gasteiger partial charge is 0.141 e. The summed E-state index contributed by atoms with van der Waals surface area (Å²) < 4.78 is 5.29. The lowest BCUT2D eigenvalue weighted by Gasteiger charge is -2.17. The number of nitrogens with zero attached hydrogens (tertiary/aromatic N) is 1. The van der Waals surface area contributed by atoms with Crippen LogP contribution in [0.15, 0.2) is 36.0 Å². The highest BCUT2D eigenvalue weighted by Gasteiger charge is 2.15. The zero-order valence-corrected chi connectivity index (χ0v) is 10.4. The molecule has 1 unspecified atom stereocenters. The molecule has 2 aromatic heterocycles. The van der Waals surface area contributed by atoms with Crippen molar-refractivity contribution >= 4 is 11.3 Å². The number of nitrogens with two attached hydrogens (primary N) is 1. The molecule has 0 saturated carbocycles. The van der Waals surface area contributed by atoms with Gasteiger partial charge in [0.15, 0.2) is 0 Å². The number of nitrogens with one attached hydrogen (secondary N) is 1. The van der Waals surface area contributed by atoms with Gasteiger partial charge in [-0.05, 0) is 17.5 Å². The van der Waals surface area contributed by atoms with Crippen LogP contribution in [0.5, 0.6) is 5.75 Å². The number of ether oxygens (including phenoxy) is 1. The number of hydrogen-bond donors (Lipinski definition) is 2. The number of hydrazine groups is 1. The first-order valence-electron chi connectivity index (χ1n) is 5.31. The van der Waals surface area contributed by atoms with Crippen LogP contribution in [-0.2, 0) is 6.42 Å². The van der Waals surface area contributed by atoms with Gasteiger partial charge in [-0.2, -0.15) is 0 Å². The monoisotopic (exact) mass is 249 g/mol. The van der Waals surface area contributed by atoms with Gasteiger partial charge in [0.25, 0.3) is 0 Å². The van der Waals surface area contributed by atoms with Crippen LogP contribution in [0.1, 0.15) is 16.5 Å². The molecule has 0 aliphatic carbocycles. The summed E-state index contributed by atoms with van der Waals surface area (Å²) in [6, 6.07) is 6.10. The van der Waals surface area contributed by atoms with Crippen LogP contribution < -0.4 is 16.0 Å². The van der Waals surface area contributed by atoms with E-state index in [1.807, 2.05) is 12.1 Å². The summed E-state index contributed by atoms with van der Waals surface area (Å²) in [6.45, 7) is 0. The first-order chi connectivity index (χ1) is 8.35. The van der Waals surface area contributed by atoms with E-state index in [2.05, 4.69) is 21.9 Å². The molecule has 0 spiro atoms. The van der Waals surface area contributed by atoms with Gasteiger partial charge in [-0.3, -0.25) is 16.3 Å². The van der Waals surface area contributed by atoms with Crippen LogP contribution >= 0.6 is 11.3 Å².